The van der Waals surface area contributed by atoms with Crippen LogP contribution >= 0.6 is 15.9 Å². The van der Waals surface area contributed by atoms with E-state index in [1.54, 1.807) is 0 Å². The van der Waals surface area contributed by atoms with Gasteiger partial charge >= 0.3 is 0 Å². The molecule has 0 fully saturated rings. The molecule has 0 amide bonds. The van der Waals surface area contributed by atoms with Crippen molar-refractivity contribution in [2.45, 2.75) is 5.03 Å². The fourth-order valence-corrected chi connectivity index (χ4v) is 2.75. The van der Waals surface area contributed by atoms with Crippen molar-refractivity contribution >= 4 is 31.6 Å². The van der Waals surface area contributed by atoms with E-state index in [2.05, 4.69) is 30.8 Å². The number of para-hydroxylation sites is 1. The molecule has 2 rings (SSSR count). The molecule has 0 bridgehead atoms. The number of H-pyrrole nitrogens is 1. The summed E-state index contributed by atoms with van der Waals surface area (Å²) >= 11 is 3.07. The van der Waals surface area contributed by atoms with Crippen LogP contribution in [0.3, 0.4) is 0 Å². The molecule has 2 N–H and O–H groups in total. The topological polar surface area (TPSA) is 74.8 Å². The van der Waals surface area contributed by atoms with E-state index in [-0.39, 0.29) is 10.7 Å². The van der Waals surface area contributed by atoms with E-state index in [0.717, 1.165) is 6.07 Å². The van der Waals surface area contributed by atoms with Crippen LogP contribution in [0.15, 0.2) is 40.0 Å². The van der Waals surface area contributed by atoms with E-state index in [1.165, 1.54) is 24.4 Å². The fourth-order valence-electron chi connectivity index (χ4n) is 1.18. The SMILES string of the molecule is O=S(=O)(Nc1c(F)cccc1Br)c1ccn[nH]1. The second kappa shape index (κ2) is 4.46. The van der Waals surface area contributed by atoms with Crippen LogP contribution < -0.4 is 4.72 Å². The number of rotatable bonds is 3. The molecule has 1 aromatic heterocycles. The van der Waals surface area contributed by atoms with Crippen LogP contribution in [0.2, 0.25) is 0 Å². The quantitative estimate of drug-likeness (QED) is 0.909. The monoisotopic (exact) mass is 319 g/mol. The van der Waals surface area contributed by atoms with E-state index in [1.807, 2.05) is 0 Å². The normalized spacial score (nSPS) is 11.4. The van der Waals surface area contributed by atoms with Crippen LogP contribution in [-0.4, -0.2) is 18.6 Å². The van der Waals surface area contributed by atoms with E-state index < -0.39 is 15.8 Å². The van der Waals surface area contributed by atoms with Gasteiger partial charge in [-0.15, -0.1) is 0 Å². The van der Waals surface area contributed by atoms with Crippen LogP contribution in [-0.2, 0) is 10.0 Å². The van der Waals surface area contributed by atoms with Crippen LogP contribution in [0.5, 0.6) is 0 Å². The minimum absolute atomic E-state index is 0.132. The van der Waals surface area contributed by atoms with Crippen LogP contribution in [0.1, 0.15) is 0 Å². The Labute approximate surface area is 105 Å². The number of nitrogens with one attached hydrogen (secondary N) is 2. The van der Waals surface area contributed by atoms with Gasteiger partial charge in [-0.1, -0.05) is 6.07 Å². The maximum atomic E-state index is 13.4. The number of anilines is 1. The molecule has 0 unspecified atom stereocenters. The third kappa shape index (κ3) is 2.47. The number of aromatic amines is 1. The number of hydrogen-bond acceptors (Lipinski definition) is 3. The summed E-state index contributed by atoms with van der Waals surface area (Å²) < 4.78 is 39.5. The molecule has 0 radical (unpaired) electrons. The molecular weight excluding hydrogens is 313 g/mol. The summed E-state index contributed by atoms with van der Waals surface area (Å²) in [7, 11) is -3.85. The van der Waals surface area contributed by atoms with Gasteiger partial charge in [0.2, 0.25) is 0 Å². The largest absolute Gasteiger partial charge is 0.278 e. The number of nitrogens with zero attached hydrogens (tertiary/aromatic N) is 1. The van der Waals surface area contributed by atoms with Gasteiger partial charge in [0, 0.05) is 4.47 Å². The molecule has 0 aliphatic rings. The summed E-state index contributed by atoms with van der Waals surface area (Å²) in [5.74, 6) is -0.664. The molecule has 1 aromatic carbocycles. The Morgan fingerprint density at radius 2 is 2.12 bits per heavy atom. The van der Waals surface area contributed by atoms with Gasteiger partial charge < -0.3 is 0 Å². The lowest BCUT2D eigenvalue weighted by Gasteiger charge is -2.08. The maximum Gasteiger partial charge on any atom is 0.278 e. The molecule has 0 aliphatic carbocycles. The van der Waals surface area contributed by atoms with Crippen LogP contribution in [0, 0.1) is 5.82 Å². The molecule has 0 spiro atoms. The lowest BCUT2D eigenvalue weighted by atomic mass is 10.3. The molecule has 90 valence electrons. The summed E-state index contributed by atoms with van der Waals surface area (Å²) in [5, 5.41) is 5.69. The van der Waals surface area contributed by atoms with Crippen molar-refractivity contribution in [1.29, 1.82) is 0 Å². The molecule has 8 heteroatoms. The molecule has 0 aliphatic heterocycles. The summed E-state index contributed by atoms with van der Waals surface area (Å²) in [6.45, 7) is 0. The van der Waals surface area contributed by atoms with E-state index in [0.29, 0.717) is 4.47 Å². The lowest BCUT2D eigenvalue weighted by molar-refractivity contribution is 0.594. The molecule has 2 aromatic rings. The van der Waals surface area contributed by atoms with Gasteiger partial charge in [-0.3, -0.25) is 9.82 Å². The predicted octanol–water partition coefficient (Wildman–Crippen LogP) is 2.11. The van der Waals surface area contributed by atoms with Crippen molar-refractivity contribution < 1.29 is 12.8 Å². The molecule has 0 saturated heterocycles. The number of sulfonamides is 1. The van der Waals surface area contributed by atoms with Gasteiger partial charge in [-0.25, -0.2) is 4.39 Å². The number of benzene rings is 1. The second-order valence-corrected chi connectivity index (χ2v) is 5.63. The summed E-state index contributed by atoms with van der Waals surface area (Å²) in [6.07, 6.45) is 1.30. The van der Waals surface area contributed by atoms with Crippen molar-refractivity contribution in [2.75, 3.05) is 4.72 Å². The first kappa shape index (κ1) is 12.1. The Morgan fingerprint density at radius 3 is 2.71 bits per heavy atom. The molecular formula is C9H7BrFN3O2S. The Hall–Kier alpha value is -1.41. The number of hydrogen-bond donors (Lipinski definition) is 2. The van der Waals surface area contributed by atoms with Gasteiger partial charge in [-0.05, 0) is 34.1 Å². The predicted molar refractivity (Wildman–Crippen MR) is 63.5 cm³/mol. The summed E-state index contributed by atoms with van der Waals surface area (Å²) in [5.41, 5.74) is -0.137. The first-order chi connectivity index (χ1) is 8.00. The van der Waals surface area contributed by atoms with Crippen molar-refractivity contribution in [1.82, 2.24) is 10.2 Å². The zero-order chi connectivity index (χ0) is 12.5. The van der Waals surface area contributed by atoms with Gasteiger partial charge in [0.05, 0.1) is 11.9 Å². The van der Waals surface area contributed by atoms with Gasteiger partial charge in [-0.2, -0.15) is 13.5 Å². The first-order valence-corrected chi connectivity index (χ1v) is 6.74. The molecule has 0 saturated carbocycles. The van der Waals surface area contributed by atoms with Crippen LogP contribution in [0.25, 0.3) is 0 Å². The Bertz CT molecular complexity index is 607. The highest BCUT2D eigenvalue weighted by Crippen LogP contribution is 2.27. The second-order valence-electron chi connectivity index (χ2n) is 3.12. The molecule has 17 heavy (non-hydrogen) atoms. The van der Waals surface area contributed by atoms with Crippen molar-refractivity contribution in [2.24, 2.45) is 0 Å². The third-order valence-corrected chi connectivity index (χ3v) is 3.90. The zero-order valence-corrected chi connectivity index (χ0v) is 10.7. The van der Waals surface area contributed by atoms with E-state index in [4.69, 9.17) is 0 Å². The Morgan fingerprint density at radius 1 is 1.35 bits per heavy atom. The maximum absolute atomic E-state index is 13.4. The Balaban J connectivity index is 2.40. The fraction of sp³-hybridized carbons (Fsp3) is 0. The molecule has 1 heterocycles. The van der Waals surface area contributed by atoms with Crippen molar-refractivity contribution in [3.8, 4) is 0 Å². The first-order valence-electron chi connectivity index (χ1n) is 4.47. The van der Waals surface area contributed by atoms with Crippen molar-refractivity contribution in [3.63, 3.8) is 0 Å². The smallest absolute Gasteiger partial charge is 0.274 e. The van der Waals surface area contributed by atoms with E-state index >= 15 is 0 Å². The highest BCUT2D eigenvalue weighted by atomic mass is 79.9. The Kier molecular flexibility index (Phi) is 3.16. The highest BCUT2D eigenvalue weighted by Gasteiger charge is 2.18. The highest BCUT2D eigenvalue weighted by molar-refractivity contribution is 9.10. The number of halogens is 2. The number of aromatic nitrogens is 2. The average molecular weight is 320 g/mol. The van der Waals surface area contributed by atoms with Gasteiger partial charge in [0.15, 0.2) is 5.03 Å². The summed E-state index contributed by atoms with van der Waals surface area (Å²) in [6, 6.07) is 5.44. The molecule has 0 atom stereocenters. The minimum Gasteiger partial charge on any atom is -0.274 e. The minimum atomic E-state index is -3.85. The lowest BCUT2D eigenvalue weighted by Crippen LogP contribution is -2.14. The standard InChI is InChI=1S/C9H7BrFN3O2S/c10-6-2-1-3-7(11)9(6)14-17(15,16)8-4-5-12-13-8/h1-5,14H,(H,12,13). The van der Waals surface area contributed by atoms with Gasteiger partial charge in [0.1, 0.15) is 5.82 Å². The van der Waals surface area contributed by atoms with E-state index in [9.17, 15) is 12.8 Å². The van der Waals surface area contributed by atoms with Crippen LogP contribution in [0.4, 0.5) is 10.1 Å². The van der Waals surface area contributed by atoms with Gasteiger partial charge in [0.25, 0.3) is 10.0 Å². The zero-order valence-electron chi connectivity index (χ0n) is 8.31. The molecule has 5 nitrogen and oxygen atoms in total. The van der Waals surface area contributed by atoms with Crippen molar-refractivity contribution in [3.05, 3.63) is 40.8 Å². The summed E-state index contributed by atoms with van der Waals surface area (Å²) in [4.78, 5) is 0. The average Bonchev–Trinajstić information content (AvgIpc) is 2.77. The third-order valence-electron chi connectivity index (χ3n) is 1.96.